The van der Waals surface area contributed by atoms with E-state index in [1.807, 2.05) is 18.2 Å². The van der Waals surface area contributed by atoms with E-state index in [-0.39, 0.29) is 12.4 Å². The minimum Gasteiger partial charge on any atom is -0.390 e. The van der Waals surface area contributed by atoms with Crippen LogP contribution in [0.25, 0.3) is 5.69 Å². The molecule has 0 spiro atoms. The molecule has 0 aliphatic heterocycles. The second-order valence-corrected chi connectivity index (χ2v) is 5.34. The van der Waals surface area contributed by atoms with E-state index in [2.05, 4.69) is 23.3 Å². The molecule has 0 atom stereocenters. The van der Waals surface area contributed by atoms with E-state index in [0.717, 1.165) is 28.9 Å². The zero-order valence-electron chi connectivity index (χ0n) is 12.9. The molecule has 3 rings (SSSR count). The third kappa shape index (κ3) is 3.14. The van der Waals surface area contributed by atoms with Crippen LogP contribution < -0.4 is 0 Å². The van der Waals surface area contributed by atoms with Crippen LogP contribution in [-0.2, 0) is 19.4 Å². The number of hydrogen-bond acceptors (Lipinski definition) is 3. The number of nitrogens with zero attached hydrogens (tertiary/aromatic N) is 3. The van der Waals surface area contributed by atoms with E-state index in [0.29, 0.717) is 12.1 Å². The molecular weight excluding hydrogens is 293 g/mol. The summed E-state index contributed by atoms with van der Waals surface area (Å²) in [7, 11) is 0. The summed E-state index contributed by atoms with van der Waals surface area (Å²) in [4.78, 5) is 0. The van der Waals surface area contributed by atoms with Gasteiger partial charge in [0.2, 0.25) is 0 Å². The van der Waals surface area contributed by atoms with Crippen molar-refractivity contribution in [3.8, 4) is 5.69 Å². The van der Waals surface area contributed by atoms with Crippen LogP contribution in [0.15, 0.2) is 48.5 Å². The van der Waals surface area contributed by atoms with Crippen molar-refractivity contribution in [1.82, 2.24) is 15.0 Å². The predicted octanol–water partition coefficient (Wildman–Crippen LogP) is 3.05. The third-order valence-electron chi connectivity index (χ3n) is 3.88. The van der Waals surface area contributed by atoms with Crippen LogP contribution in [0, 0.1) is 5.82 Å². The molecule has 0 amide bonds. The smallest absolute Gasteiger partial charge is 0.123 e. The van der Waals surface area contributed by atoms with E-state index in [9.17, 15) is 9.50 Å². The van der Waals surface area contributed by atoms with Crippen molar-refractivity contribution in [2.45, 2.75) is 26.4 Å². The predicted molar refractivity (Wildman–Crippen MR) is 85.9 cm³/mol. The number of aryl methyl sites for hydroxylation is 1. The normalized spacial score (nSPS) is 10.9. The number of halogens is 1. The molecule has 0 aliphatic carbocycles. The average molecular weight is 311 g/mol. The van der Waals surface area contributed by atoms with Crippen LogP contribution in [0.5, 0.6) is 0 Å². The Labute approximate surface area is 134 Å². The summed E-state index contributed by atoms with van der Waals surface area (Å²) in [5.41, 5.74) is 4.42. The van der Waals surface area contributed by atoms with Gasteiger partial charge in [0.1, 0.15) is 11.5 Å². The zero-order valence-corrected chi connectivity index (χ0v) is 12.9. The first-order chi connectivity index (χ1) is 11.2. The fourth-order valence-corrected chi connectivity index (χ4v) is 2.64. The molecule has 0 radical (unpaired) electrons. The quantitative estimate of drug-likeness (QED) is 0.788. The summed E-state index contributed by atoms with van der Waals surface area (Å²) in [6.07, 6.45) is 1.40. The standard InChI is InChI=1S/C18H18FN3O/c1-2-14-5-3-4-6-17(14)22-18(16(12-23)20-21-22)11-13-7-9-15(19)10-8-13/h3-10,23H,2,11-12H2,1H3. The lowest BCUT2D eigenvalue weighted by atomic mass is 10.1. The molecular formula is C18H18FN3O. The molecule has 4 nitrogen and oxygen atoms in total. The van der Waals surface area contributed by atoms with Gasteiger partial charge in [0.05, 0.1) is 18.0 Å². The molecule has 0 bridgehead atoms. The first kappa shape index (κ1) is 15.4. The van der Waals surface area contributed by atoms with E-state index in [1.165, 1.54) is 12.1 Å². The summed E-state index contributed by atoms with van der Waals surface area (Å²) in [6.45, 7) is 1.91. The molecule has 0 fully saturated rings. The fourth-order valence-electron chi connectivity index (χ4n) is 2.64. The lowest BCUT2D eigenvalue weighted by molar-refractivity contribution is 0.275. The average Bonchev–Trinajstić information content (AvgIpc) is 2.99. The van der Waals surface area contributed by atoms with Crippen LogP contribution in [0.4, 0.5) is 4.39 Å². The lowest BCUT2D eigenvalue weighted by Crippen LogP contribution is -2.07. The van der Waals surface area contributed by atoms with Crippen LogP contribution in [0.2, 0.25) is 0 Å². The Kier molecular flexibility index (Phi) is 4.48. The van der Waals surface area contributed by atoms with Crippen molar-refractivity contribution in [3.63, 3.8) is 0 Å². The van der Waals surface area contributed by atoms with E-state index < -0.39 is 0 Å². The van der Waals surface area contributed by atoms with Crippen molar-refractivity contribution in [2.75, 3.05) is 0 Å². The van der Waals surface area contributed by atoms with Gasteiger partial charge in [-0.2, -0.15) is 0 Å². The summed E-state index contributed by atoms with van der Waals surface area (Å²) in [6, 6.07) is 14.3. The monoisotopic (exact) mass is 311 g/mol. The van der Waals surface area contributed by atoms with Crippen LogP contribution in [0.1, 0.15) is 29.4 Å². The highest BCUT2D eigenvalue weighted by Gasteiger charge is 2.16. The summed E-state index contributed by atoms with van der Waals surface area (Å²) < 4.78 is 14.9. The van der Waals surface area contributed by atoms with Crippen molar-refractivity contribution in [3.05, 3.63) is 76.9 Å². The molecule has 1 N–H and O–H groups in total. The van der Waals surface area contributed by atoms with Gasteiger partial charge in [0, 0.05) is 6.42 Å². The van der Waals surface area contributed by atoms with Crippen molar-refractivity contribution < 1.29 is 9.50 Å². The molecule has 0 aliphatic rings. The van der Waals surface area contributed by atoms with E-state index in [4.69, 9.17) is 0 Å². The second kappa shape index (κ2) is 6.71. The van der Waals surface area contributed by atoms with Gasteiger partial charge < -0.3 is 5.11 Å². The van der Waals surface area contributed by atoms with Gasteiger partial charge in [0.15, 0.2) is 0 Å². The topological polar surface area (TPSA) is 50.9 Å². The maximum absolute atomic E-state index is 13.1. The molecule has 118 valence electrons. The Bertz CT molecular complexity index is 796. The Morgan fingerprint density at radius 1 is 1.09 bits per heavy atom. The van der Waals surface area contributed by atoms with Gasteiger partial charge in [-0.1, -0.05) is 42.5 Å². The zero-order chi connectivity index (χ0) is 16.2. The van der Waals surface area contributed by atoms with Crippen LogP contribution in [0.3, 0.4) is 0 Å². The van der Waals surface area contributed by atoms with Gasteiger partial charge in [-0.25, -0.2) is 9.07 Å². The Morgan fingerprint density at radius 3 is 2.52 bits per heavy atom. The minimum absolute atomic E-state index is 0.176. The lowest BCUT2D eigenvalue weighted by Gasteiger charge is -2.11. The number of aromatic nitrogens is 3. The molecule has 0 saturated heterocycles. The highest BCUT2D eigenvalue weighted by Crippen LogP contribution is 2.20. The summed E-state index contributed by atoms with van der Waals surface area (Å²) >= 11 is 0. The Balaban J connectivity index is 2.05. The van der Waals surface area contributed by atoms with Gasteiger partial charge in [-0.3, -0.25) is 0 Å². The largest absolute Gasteiger partial charge is 0.390 e. The van der Waals surface area contributed by atoms with E-state index >= 15 is 0 Å². The highest BCUT2D eigenvalue weighted by atomic mass is 19.1. The summed E-state index contributed by atoms with van der Waals surface area (Å²) in [5.74, 6) is -0.265. The summed E-state index contributed by atoms with van der Waals surface area (Å²) in [5, 5.41) is 17.9. The molecule has 1 heterocycles. The van der Waals surface area contributed by atoms with Gasteiger partial charge >= 0.3 is 0 Å². The molecule has 3 aromatic rings. The fraction of sp³-hybridized carbons (Fsp3) is 0.222. The maximum atomic E-state index is 13.1. The molecule has 1 aromatic heterocycles. The van der Waals surface area contributed by atoms with Gasteiger partial charge in [-0.15, -0.1) is 5.10 Å². The van der Waals surface area contributed by atoms with Crippen molar-refractivity contribution in [2.24, 2.45) is 0 Å². The number of rotatable bonds is 5. The van der Waals surface area contributed by atoms with Gasteiger partial charge in [-0.05, 0) is 35.7 Å². The molecule has 23 heavy (non-hydrogen) atoms. The molecule has 0 unspecified atom stereocenters. The SMILES string of the molecule is CCc1ccccc1-n1nnc(CO)c1Cc1ccc(F)cc1. The minimum atomic E-state index is -0.265. The first-order valence-corrected chi connectivity index (χ1v) is 7.60. The van der Waals surface area contributed by atoms with Crippen molar-refractivity contribution >= 4 is 0 Å². The number of aliphatic hydroxyl groups is 1. The molecule has 0 saturated carbocycles. The van der Waals surface area contributed by atoms with Gasteiger partial charge in [0.25, 0.3) is 0 Å². The Hall–Kier alpha value is -2.53. The molecule has 2 aromatic carbocycles. The number of benzene rings is 2. The molecule has 5 heteroatoms. The number of aliphatic hydroxyl groups excluding tert-OH is 1. The first-order valence-electron chi connectivity index (χ1n) is 7.60. The van der Waals surface area contributed by atoms with E-state index in [1.54, 1.807) is 16.8 Å². The Morgan fingerprint density at radius 2 is 1.83 bits per heavy atom. The number of hydrogen-bond donors (Lipinski definition) is 1. The second-order valence-electron chi connectivity index (χ2n) is 5.34. The van der Waals surface area contributed by atoms with Crippen molar-refractivity contribution in [1.29, 1.82) is 0 Å². The maximum Gasteiger partial charge on any atom is 0.123 e. The van der Waals surface area contributed by atoms with Crippen LogP contribution >= 0.6 is 0 Å². The number of para-hydroxylation sites is 1. The van der Waals surface area contributed by atoms with Crippen LogP contribution in [-0.4, -0.2) is 20.1 Å². The third-order valence-corrected chi connectivity index (χ3v) is 3.88. The highest BCUT2D eigenvalue weighted by molar-refractivity contribution is 5.42.